The predicted molar refractivity (Wildman–Crippen MR) is 121 cm³/mol. The van der Waals surface area contributed by atoms with Gasteiger partial charge in [0.1, 0.15) is 11.6 Å². The molecular formula is C23H23N7O2. The van der Waals surface area contributed by atoms with Gasteiger partial charge in [-0.15, -0.1) is 0 Å². The first-order valence-corrected chi connectivity index (χ1v) is 10.2. The molecule has 0 spiro atoms. The monoisotopic (exact) mass is 429 g/mol. The molecule has 0 radical (unpaired) electrons. The van der Waals surface area contributed by atoms with E-state index in [2.05, 4.69) is 30.6 Å². The number of aliphatic hydroxyl groups excluding tert-OH is 1. The van der Waals surface area contributed by atoms with Crippen molar-refractivity contribution in [2.24, 2.45) is 0 Å². The van der Waals surface area contributed by atoms with Gasteiger partial charge in [-0.3, -0.25) is 14.3 Å². The second kappa shape index (κ2) is 9.80. The number of hydrogen-bond donors (Lipinski definition) is 3. The Morgan fingerprint density at radius 1 is 1.09 bits per heavy atom. The van der Waals surface area contributed by atoms with Crippen LogP contribution in [-0.4, -0.2) is 48.2 Å². The van der Waals surface area contributed by atoms with Crippen molar-refractivity contribution in [1.82, 2.24) is 24.5 Å². The fourth-order valence-corrected chi connectivity index (χ4v) is 3.13. The van der Waals surface area contributed by atoms with Crippen molar-refractivity contribution < 1.29 is 9.90 Å². The van der Waals surface area contributed by atoms with Gasteiger partial charge in [-0.2, -0.15) is 4.98 Å². The maximum atomic E-state index is 12.4. The van der Waals surface area contributed by atoms with Gasteiger partial charge in [-0.1, -0.05) is 12.1 Å². The molecule has 3 aromatic heterocycles. The van der Waals surface area contributed by atoms with Gasteiger partial charge in [0, 0.05) is 55.2 Å². The van der Waals surface area contributed by atoms with Crippen LogP contribution in [-0.2, 0) is 6.42 Å². The Labute approximate surface area is 185 Å². The number of benzene rings is 1. The van der Waals surface area contributed by atoms with Crippen molar-refractivity contribution >= 4 is 17.5 Å². The SMILES string of the molecule is C[C@H](O)CNc1nccc(-n2ccnc2Cc2cccc(NC(=O)c3ccncc3)c2)n1. The van der Waals surface area contributed by atoms with Crippen molar-refractivity contribution in [3.63, 3.8) is 0 Å². The minimum atomic E-state index is -0.502. The average molecular weight is 429 g/mol. The molecule has 3 N–H and O–H groups in total. The van der Waals surface area contributed by atoms with Gasteiger partial charge in [0.15, 0.2) is 0 Å². The highest BCUT2D eigenvalue weighted by molar-refractivity contribution is 6.04. The number of aromatic nitrogens is 5. The van der Waals surface area contributed by atoms with E-state index in [1.165, 1.54) is 0 Å². The zero-order valence-electron chi connectivity index (χ0n) is 17.5. The van der Waals surface area contributed by atoms with Crippen molar-refractivity contribution in [2.45, 2.75) is 19.4 Å². The molecule has 0 unspecified atom stereocenters. The van der Waals surface area contributed by atoms with Crippen molar-refractivity contribution in [3.05, 3.63) is 90.4 Å². The van der Waals surface area contributed by atoms with E-state index in [1.807, 2.05) is 35.0 Å². The lowest BCUT2D eigenvalue weighted by atomic mass is 10.1. The molecule has 9 nitrogen and oxygen atoms in total. The predicted octanol–water partition coefficient (Wildman–Crippen LogP) is 2.69. The lowest BCUT2D eigenvalue weighted by molar-refractivity contribution is 0.102. The highest BCUT2D eigenvalue weighted by atomic mass is 16.3. The summed E-state index contributed by atoms with van der Waals surface area (Å²) in [5, 5.41) is 15.4. The first kappa shape index (κ1) is 21.1. The molecule has 0 aliphatic rings. The first-order chi connectivity index (χ1) is 15.6. The number of nitrogens with zero attached hydrogens (tertiary/aromatic N) is 5. The molecule has 1 aromatic carbocycles. The molecule has 4 rings (SSSR count). The van der Waals surface area contributed by atoms with Crippen LogP contribution in [0.2, 0.25) is 0 Å². The fourth-order valence-electron chi connectivity index (χ4n) is 3.13. The summed E-state index contributed by atoms with van der Waals surface area (Å²) in [4.78, 5) is 29.5. The van der Waals surface area contributed by atoms with E-state index in [-0.39, 0.29) is 5.91 Å². The number of aliphatic hydroxyl groups is 1. The summed E-state index contributed by atoms with van der Waals surface area (Å²) in [7, 11) is 0. The molecule has 3 heterocycles. The van der Waals surface area contributed by atoms with Crippen LogP contribution >= 0.6 is 0 Å². The van der Waals surface area contributed by atoms with Gasteiger partial charge >= 0.3 is 0 Å². The number of nitrogens with one attached hydrogen (secondary N) is 2. The summed E-state index contributed by atoms with van der Waals surface area (Å²) in [5.74, 6) is 1.71. The molecule has 9 heteroatoms. The van der Waals surface area contributed by atoms with Gasteiger partial charge in [0.05, 0.1) is 6.10 Å². The Hall–Kier alpha value is -4.11. The highest BCUT2D eigenvalue weighted by Gasteiger charge is 2.10. The third kappa shape index (κ3) is 5.32. The smallest absolute Gasteiger partial charge is 0.255 e. The Morgan fingerprint density at radius 2 is 1.94 bits per heavy atom. The van der Waals surface area contributed by atoms with Crippen molar-refractivity contribution in [2.75, 3.05) is 17.2 Å². The number of imidazole rings is 1. The molecule has 1 atom stereocenters. The van der Waals surface area contributed by atoms with Gasteiger partial charge in [-0.05, 0) is 42.8 Å². The van der Waals surface area contributed by atoms with Crippen molar-refractivity contribution in [1.29, 1.82) is 0 Å². The van der Waals surface area contributed by atoms with Crippen LogP contribution in [0.3, 0.4) is 0 Å². The molecule has 1 amide bonds. The van der Waals surface area contributed by atoms with Crippen LogP contribution in [0.1, 0.15) is 28.7 Å². The second-order valence-electron chi connectivity index (χ2n) is 7.25. The molecule has 0 aliphatic carbocycles. The summed E-state index contributed by atoms with van der Waals surface area (Å²) in [6.07, 6.45) is 8.43. The minimum absolute atomic E-state index is 0.190. The van der Waals surface area contributed by atoms with Gasteiger partial charge in [0.25, 0.3) is 5.91 Å². The maximum absolute atomic E-state index is 12.4. The molecule has 162 valence electrons. The zero-order chi connectivity index (χ0) is 22.3. The summed E-state index contributed by atoms with van der Waals surface area (Å²) in [6.45, 7) is 2.05. The Balaban J connectivity index is 1.50. The van der Waals surface area contributed by atoms with E-state index in [9.17, 15) is 9.90 Å². The number of rotatable bonds is 8. The van der Waals surface area contributed by atoms with Crippen LogP contribution in [0.4, 0.5) is 11.6 Å². The molecular weight excluding hydrogens is 406 g/mol. The van der Waals surface area contributed by atoms with Crippen LogP contribution in [0.25, 0.3) is 5.82 Å². The van der Waals surface area contributed by atoms with Crippen molar-refractivity contribution in [3.8, 4) is 5.82 Å². The summed E-state index contributed by atoms with van der Waals surface area (Å²) in [6, 6.07) is 12.8. The van der Waals surface area contributed by atoms with E-state index in [1.54, 1.807) is 49.9 Å². The lowest BCUT2D eigenvalue weighted by Crippen LogP contribution is -2.17. The molecule has 32 heavy (non-hydrogen) atoms. The Kier molecular flexibility index (Phi) is 6.47. The summed E-state index contributed by atoms with van der Waals surface area (Å²) >= 11 is 0. The number of anilines is 2. The third-order valence-corrected chi connectivity index (χ3v) is 4.65. The second-order valence-corrected chi connectivity index (χ2v) is 7.25. The quantitative estimate of drug-likeness (QED) is 0.394. The molecule has 0 aliphatic heterocycles. The average Bonchev–Trinajstić information content (AvgIpc) is 3.27. The number of pyridine rings is 1. The number of amides is 1. The van der Waals surface area contributed by atoms with E-state index < -0.39 is 6.10 Å². The van der Waals surface area contributed by atoms with Gasteiger partial charge in [-0.25, -0.2) is 9.97 Å². The number of hydrogen-bond acceptors (Lipinski definition) is 7. The first-order valence-electron chi connectivity index (χ1n) is 10.2. The zero-order valence-corrected chi connectivity index (χ0v) is 17.5. The topological polar surface area (TPSA) is 118 Å². The largest absolute Gasteiger partial charge is 0.392 e. The molecule has 0 fully saturated rings. The number of carbonyl (C=O) groups excluding carboxylic acids is 1. The normalized spacial score (nSPS) is 11.7. The number of carbonyl (C=O) groups is 1. The highest BCUT2D eigenvalue weighted by Crippen LogP contribution is 2.17. The van der Waals surface area contributed by atoms with Gasteiger partial charge in [0.2, 0.25) is 5.95 Å². The summed E-state index contributed by atoms with van der Waals surface area (Å²) in [5.41, 5.74) is 2.24. The minimum Gasteiger partial charge on any atom is -0.392 e. The standard InChI is InChI=1S/C23H23N7O2/c1-16(31)15-27-23-26-10-7-20(29-23)30-12-11-25-21(30)14-17-3-2-4-19(13-17)28-22(32)18-5-8-24-9-6-18/h2-13,16,31H,14-15H2,1H3,(H,28,32)(H,26,27,29)/t16-/m0/s1. The molecule has 0 saturated carbocycles. The van der Waals surface area contributed by atoms with E-state index in [0.717, 1.165) is 11.4 Å². The molecule has 0 saturated heterocycles. The fraction of sp³-hybridized carbons (Fsp3) is 0.174. The Morgan fingerprint density at radius 3 is 2.75 bits per heavy atom. The maximum Gasteiger partial charge on any atom is 0.255 e. The van der Waals surface area contributed by atoms with Crippen LogP contribution in [0.5, 0.6) is 0 Å². The van der Waals surface area contributed by atoms with Gasteiger partial charge < -0.3 is 15.7 Å². The van der Waals surface area contributed by atoms with E-state index >= 15 is 0 Å². The molecule has 0 bridgehead atoms. The third-order valence-electron chi connectivity index (χ3n) is 4.65. The Bertz CT molecular complexity index is 1190. The lowest BCUT2D eigenvalue weighted by Gasteiger charge is -2.11. The summed E-state index contributed by atoms with van der Waals surface area (Å²) < 4.78 is 1.89. The van der Waals surface area contributed by atoms with Crippen LogP contribution in [0, 0.1) is 0 Å². The van der Waals surface area contributed by atoms with E-state index in [0.29, 0.717) is 36.0 Å². The van der Waals surface area contributed by atoms with Crippen LogP contribution < -0.4 is 10.6 Å². The van der Waals surface area contributed by atoms with E-state index in [4.69, 9.17) is 0 Å². The van der Waals surface area contributed by atoms with Crippen LogP contribution in [0.15, 0.2) is 73.4 Å². The molecule has 4 aromatic rings.